The van der Waals surface area contributed by atoms with E-state index in [0.29, 0.717) is 30.9 Å². The summed E-state index contributed by atoms with van der Waals surface area (Å²) < 4.78 is 7.32. The van der Waals surface area contributed by atoms with Crippen molar-refractivity contribution in [2.75, 3.05) is 7.05 Å². The fourth-order valence-corrected chi connectivity index (χ4v) is 5.81. The van der Waals surface area contributed by atoms with Crippen LogP contribution in [0.2, 0.25) is 0 Å². The lowest BCUT2D eigenvalue weighted by Gasteiger charge is -2.30. The molecule has 0 bridgehead atoms. The Balaban J connectivity index is 1.30. The van der Waals surface area contributed by atoms with Crippen LogP contribution in [0.3, 0.4) is 0 Å². The van der Waals surface area contributed by atoms with Gasteiger partial charge < -0.3 is 4.42 Å². The van der Waals surface area contributed by atoms with E-state index in [-0.39, 0.29) is 5.56 Å². The second-order valence-corrected chi connectivity index (χ2v) is 9.63. The van der Waals surface area contributed by atoms with Gasteiger partial charge in [-0.3, -0.25) is 14.3 Å². The van der Waals surface area contributed by atoms with Crippen molar-refractivity contribution in [1.29, 1.82) is 0 Å². The molecule has 0 N–H and O–H groups in total. The number of likely N-dealkylation sites (N-methyl/N-ethyl adjacent to an activating group) is 1. The number of benzene rings is 1. The molecule has 0 fully saturated rings. The third-order valence-electron chi connectivity index (χ3n) is 6.29. The predicted octanol–water partition coefficient (Wildman–Crippen LogP) is 3.77. The predicted molar refractivity (Wildman–Crippen MR) is 125 cm³/mol. The molecule has 5 rings (SSSR count). The second kappa shape index (κ2) is 8.96. The van der Waals surface area contributed by atoms with Crippen LogP contribution < -0.4 is 5.56 Å². The van der Waals surface area contributed by atoms with Gasteiger partial charge in [0.1, 0.15) is 4.83 Å². The molecule has 1 atom stereocenters. The maximum Gasteiger partial charge on any atom is 0.262 e. The fourth-order valence-electron chi connectivity index (χ4n) is 4.56. The van der Waals surface area contributed by atoms with Crippen LogP contribution >= 0.6 is 11.3 Å². The summed E-state index contributed by atoms with van der Waals surface area (Å²) in [5, 5.41) is 8.87. The largest absolute Gasteiger partial charge is 0.424 e. The van der Waals surface area contributed by atoms with Crippen molar-refractivity contribution in [2.24, 2.45) is 0 Å². The molecule has 7 nitrogen and oxygen atoms in total. The van der Waals surface area contributed by atoms with Crippen LogP contribution in [0.4, 0.5) is 0 Å². The van der Waals surface area contributed by atoms with E-state index in [4.69, 9.17) is 4.42 Å². The zero-order chi connectivity index (χ0) is 22.1. The quantitative estimate of drug-likeness (QED) is 0.427. The lowest BCUT2D eigenvalue weighted by Crippen LogP contribution is -2.35. The van der Waals surface area contributed by atoms with Gasteiger partial charge in [-0.2, -0.15) is 0 Å². The van der Waals surface area contributed by atoms with Crippen molar-refractivity contribution in [3.05, 3.63) is 74.8 Å². The molecular formula is C24H27N5O2S. The van der Waals surface area contributed by atoms with E-state index in [1.807, 2.05) is 13.0 Å². The Morgan fingerprint density at radius 3 is 2.88 bits per heavy atom. The number of nitrogens with zero attached hydrogens (tertiary/aromatic N) is 5. The molecule has 0 radical (unpaired) electrons. The summed E-state index contributed by atoms with van der Waals surface area (Å²) in [6.07, 6.45) is 6.43. The van der Waals surface area contributed by atoms with Crippen molar-refractivity contribution in [3.8, 4) is 0 Å². The highest BCUT2D eigenvalue weighted by atomic mass is 32.1. The lowest BCUT2D eigenvalue weighted by molar-refractivity contribution is 0.196. The van der Waals surface area contributed by atoms with E-state index >= 15 is 0 Å². The Morgan fingerprint density at radius 1 is 1.25 bits per heavy atom. The van der Waals surface area contributed by atoms with Gasteiger partial charge in [-0.05, 0) is 50.3 Å². The molecule has 1 aliphatic rings. The Morgan fingerprint density at radius 2 is 2.09 bits per heavy atom. The molecule has 0 spiro atoms. The van der Waals surface area contributed by atoms with Crippen LogP contribution in [0.15, 0.2) is 45.9 Å². The summed E-state index contributed by atoms with van der Waals surface area (Å²) in [5.41, 5.74) is 2.61. The highest BCUT2D eigenvalue weighted by Crippen LogP contribution is 2.35. The van der Waals surface area contributed by atoms with Gasteiger partial charge in [-0.25, -0.2) is 4.98 Å². The van der Waals surface area contributed by atoms with Crippen molar-refractivity contribution < 1.29 is 4.42 Å². The summed E-state index contributed by atoms with van der Waals surface area (Å²) in [4.78, 5) is 22.3. The highest BCUT2D eigenvalue weighted by Gasteiger charge is 2.28. The minimum absolute atomic E-state index is 0.105. The van der Waals surface area contributed by atoms with Gasteiger partial charge in [0.15, 0.2) is 0 Å². The molecule has 1 aromatic carbocycles. The molecule has 0 aliphatic heterocycles. The summed E-state index contributed by atoms with van der Waals surface area (Å²) in [6, 6.07) is 10.8. The average Bonchev–Trinajstić information content (AvgIpc) is 3.38. The van der Waals surface area contributed by atoms with Crippen molar-refractivity contribution in [3.63, 3.8) is 0 Å². The Kier molecular flexibility index (Phi) is 5.89. The lowest BCUT2D eigenvalue weighted by atomic mass is 9.92. The summed E-state index contributed by atoms with van der Waals surface area (Å²) >= 11 is 1.67. The van der Waals surface area contributed by atoms with Gasteiger partial charge in [0.05, 0.1) is 18.3 Å². The molecule has 0 amide bonds. The first-order chi connectivity index (χ1) is 15.6. The molecule has 3 heterocycles. The van der Waals surface area contributed by atoms with Crippen LogP contribution in [0.25, 0.3) is 10.2 Å². The molecule has 0 saturated carbocycles. The highest BCUT2D eigenvalue weighted by molar-refractivity contribution is 7.18. The van der Waals surface area contributed by atoms with E-state index in [1.54, 1.807) is 22.2 Å². The van der Waals surface area contributed by atoms with Gasteiger partial charge in [-0.1, -0.05) is 30.3 Å². The monoisotopic (exact) mass is 449 g/mol. The maximum absolute atomic E-state index is 13.3. The Bertz CT molecular complexity index is 1280. The molecule has 166 valence electrons. The topological polar surface area (TPSA) is 77.1 Å². The fraction of sp³-hybridized carbons (Fsp3) is 0.417. The number of thiophene rings is 1. The third-order valence-corrected chi connectivity index (χ3v) is 7.46. The van der Waals surface area contributed by atoms with E-state index < -0.39 is 0 Å². The van der Waals surface area contributed by atoms with E-state index in [0.717, 1.165) is 42.3 Å². The molecule has 0 saturated heterocycles. The third kappa shape index (κ3) is 4.25. The standard InChI is InChI=1S/C24H27N5O2S/c1-16-26-27-21(31-16)14-28(2)18-10-11-19-20(13-18)32-23-22(19)24(30)29(15-25-23)12-6-9-17-7-4-3-5-8-17/h3-5,7-8,15,18H,6,9-14H2,1-2H3/t18-/m0/s1. The first-order valence-electron chi connectivity index (χ1n) is 11.1. The molecule has 4 aromatic rings. The van der Waals surface area contributed by atoms with Crippen molar-refractivity contribution in [1.82, 2.24) is 24.6 Å². The number of aromatic nitrogens is 4. The smallest absolute Gasteiger partial charge is 0.262 e. The molecule has 32 heavy (non-hydrogen) atoms. The van der Waals surface area contributed by atoms with Crippen LogP contribution in [0, 0.1) is 6.92 Å². The Hall–Kier alpha value is -2.84. The average molecular weight is 450 g/mol. The summed E-state index contributed by atoms with van der Waals surface area (Å²) in [7, 11) is 2.10. The molecule has 3 aromatic heterocycles. The van der Waals surface area contributed by atoms with E-state index in [1.165, 1.54) is 16.0 Å². The Labute approximate surface area is 190 Å². The number of aryl methyl sites for hydroxylation is 4. The van der Waals surface area contributed by atoms with Crippen LogP contribution in [0.5, 0.6) is 0 Å². The van der Waals surface area contributed by atoms with Gasteiger partial charge in [0, 0.05) is 24.4 Å². The van der Waals surface area contributed by atoms with Crippen molar-refractivity contribution >= 4 is 21.6 Å². The van der Waals surface area contributed by atoms with Crippen LogP contribution in [-0.4, -0.2) is 37.7 Å². The first-order valence-corrected chi connectivity index (χ1v) is 11.9. The number of rotatable bonds is 7. The summed E-state index contributed by atoms with van der Waals surface area (Å²) in [6.45, 7) is 3.14. The number of fused-ring (bicyclic) bond motifs is 3. The number of hydrogen-bond acceptors (Lipinski definition) is 7. The minimum atomic E-state index is 0.105. The van der Waals surface area contributed by atoms with Crippen LogP contribution in [0.1, 0.15) is 40.6 Å². The number of hydrogen-bond donors (Lipinski definition) is 0. The zero-order valence-corrected chi connectivity index (χ0v) is 19.3. The molecular weight excluding hydrogens is 422 g/mol. The minimum Gasteiger partial charge on any atom is -0.424 e. The van der Waals surface area contributed by atoms with Gasteiger partial charge >= 0.3 is 0 Å². The van der Waals surface area contributed by atoms with Gasteiger partial charge in [-0.15, -0.1) is 21.5 Å². The SMILES string of the molecule is Cc1nnc(CN(C)[C@H]2CCc3c(sc4ncn(CCCc5ccccc5)c(=O)c34)C2)o1. The first kappa shape index (κ1) is 21.0. The van der Waals surface area contributed by atoms with Gasteiger partial charge in [0.2, 0.25) is 11.8 Å². The zero-order valence-electron chi connectivity index (χ0n) is 18.5. The molecule has 8 heteroatoms. The van der Waals surface area contributed by atoms with E-state index in [2.05, 4.69) is 51.4 Å². The van der Waals surface area contributed by atoms with Crippen LogP contribution in [-0.2, 0) is 32.4 Å². The molecule has 1 aliphatic carbocycles. The summed E-state index contributed by atoms with van der Waals surface area (Å²) in [5.74, 6) is 1.24. The second-order valence-electron chi connectivity index (χ2n) is 8.54. The maximum atomic E-state index is 13.3. The molecule has 0 unspecified atom stereocenters. The van der Waals surface area contributed by atoms with Gasteiger partial charge in [0.25, 0.3) is 5.56 Å². The van der Waals surface area contributed by atoms with Crippen molar-refractivity contribution in [2.45, 2.75) is 58.2 Å². The normalized spacial score (nSPS) is 16.0. The van der Waals surface area contributed by atoms with E-state index in [9.17, 15) is 4.79 Å².